The van der Waals surface area contributed by atoms with Gasteiger partial charge in [-0.15, -0.1) is 0 Å². The first-order valence-corrected chi connectivity index (χ1v) is 4.84. The Morgan fingerprint density at radius 2 is 2.33 bits per heavy atom. The molecule has 76 valence electrons. The van der Waals surface area contributed by atoms with Crippen LogP contribution in [0.1, 0.15) is 35.0 Å². The first kappa shape index (κ1) is 9.66. The van der Waals surface area contributed by atoms with Crippen molar-refractivity contribution in [2.75, 3.05) is 5.73 Å². The van der Waals surface area contributed by atoms with Gasteiger partial charge in [0.05, 0.1) is 11.3 Å². The maximum absolute atomic E-state index is 11.7. The Hall–Kier alpha value is -1.89. The third-order valence-corrected chi connectivity index (χ3v) is 2.63. The number of pyridine rings is 1. The van der Waals surface area contributed by atoms with E-state index in [1.165, 1.54) is 0 Å². The molecule has 15 heavy (non-hydrogen) atoms. The van der Waals surface area contributed by atoms with Crippen molar-refractivity contribution in [2.24, 2.45) is 5.92 Å². The van der Waals surface area contributed by atoms with Gasteiger partial charge in [0.25, 0.3) is 0 Å². The Kier molecular flexibility index (Phi) is 2.16. The molecular formula is C11H11N3O. The number of hydrogen-bond acceptors (Lipinski definition) is 4. The van der Waals surface area contributed by atoms with Gasteiger partial charge in [0, 0.05) is 12.0 Å². The van der Waals surface area contributed by atoms with Crippen LogP contribution in [0.15, 0.2) is 6.07 Å². The largest absolute Gasteiger partial charge is 0.383 e. The Morgan fingerprint density at radius 1 is 1.60 bits per heavy atom. The van der Waals surface area contributed by atoms with Gasteiger partial charge in [-0.25, -0.2) is 4.98 Å². The lowest BCUT2D eigenvalue weighted by molar-refractivity contribution is 0.0952. The monoisotopic (exact) mass is 201 g/mol. The van der Waals surface area contributed by atoms with Gasteiger partial charge in [0.1, 0.15) is 11.9 Å². The maximum atomic E-state index is 11.7. The number of fused-ring (bicyclic) bond motifs is 1. The van der Waals surface area contributed by atoms with E-state index >= 15 is 0 Å². The summed E-state index contributed by atoms with van der Waals surface area (Å²) in [7, 11) is 0. The lowest BCUT2D eigenvalue weighted by Crippen LogP contribution is -2.20. The molecule has 2 N–H and O–H groups in total. The highest BCUT2D eigenvalue weighted by atomic mass is 16.1. The van der Waals surface area contributed by atoms with Gasteiger partial charge >= 0.3 is 0 Å². The highest BCUT2D eigenvalue weighted by Crippen LogP contribution is 2.26. The minimum absolute atomic E-state index is 0.0627. The van der Waals surface area contributed by atoms with Gasteiger partial charge in [-0.3, -0.25) is 4.79 Å². The number of rotatable bonds is 0. The van der Waals surface area contributed by atoms with Crippen molar-refractivity contribution in [3.63, 3.8) is 0 Å². The van der Waals surface area contributed by atoms with E-state index in [0.29, 0.717) is 17.9 Å². The molecule has 2 rings (SSSR count). The average Bonchev–Trinajstić information content (AvgIpc) is 2.16. The number of anilines is 1. The molecule has 1 heterocycles. The molecule has 0 amide bonds. The molecule has 1 aromatic heterocycles. The van der Waals surface area contributed by atoms with E-state index in [4.69, 9.17) is 11.0 Å². The van der Waals surface area contributed by atoms with E-state index in [-0.39, 0.29) is 17.2 Å². The maximum Gasteiger partial charge on any atom is 0.165 e. The number of nitrogen functional groups attached to an aromatic ring is 1. The fraction of sp³-hybridized carbons (Fsp3) is 0.364. The summed E-state index contributed by atoms with van der Waals surface area (Å²) in [4.78, 5) is 15.8. The van der Waals surface area contributed by atoms with E-state index in [0.717, 1.165) is 12.1 Å². The van der Waals surface area contributed by atoms with Crippen LogP contribution in [0.5, 0.6) is 0 Å². The molecule has 4 heteroatoms. The van der Waals surface area contributed by atoms with E-state index in [1.54, 1.807) is 6.07 Å². The van der Waals surface area contributed by atoms with Crippen LogP contribution < -0.4 is 5.73 Å². The topological polar surface area (TPSA) is 79.8 Å². The van der Waals surface area contributed by atoms with Crippen LogP contribution in [0.2, 0.25) is 0 Å². The molecule has 0 fully saturated rings. The van der Waals surface area contributed by atoms with E-state index in [9.17, 15) is 4.79 Å². The van der Waals surface area contributed by atoms with E-state index in [2.05, 4.69) is 4.98 Å². The molecule has 1 aliphatic rings. The lowest BCUT2D eigenvalue weighted by Gasteiger charge is -2.19. The lowest BCUT2D eigenvalue weighted by atomic mass is 9.86. The van der Waals surface area contributed by atoms with Crippen LogP contribution in [0.25, 0.3) is 0 Å². The Bertz CT molecular complexity index is 473. The number of nitriles is 1. The number of nitrogens with two attached hydrogens (primary N) is 1. The number of hydrogen-bond donors (Lipinski definition) is 1. The van der Waals surface area contributed by atoms with Crippen molar-refractivity contribution < 1.29 is 4.79 Å². The zero-order valence-corrected chi connectivity index (χ0v) is 8.45. The van der Waals surface area contributed by atoms with Gasteiger partial charge in [-0.2, -0.15) is 5.26 Å². The SMILES string of the molecule is CC1CC(=O)c2cc(C#N)c(N)nc2C1. The molecule has 0 bridgehead atoms. The minimum atomic E-state index is 0.0627. The van der Waals surface area contributed by atoms with Crippen molar-refractivity contribution in [3.8, 4) is 6.07 Å². The predicted octanol–water partition coefficient (Wildman–Crippen LogP) is 1.30. The van der Waals surface area contributed by atoms with Gasteiger partial charge < -0.3 is 5.73 Å². The number of carbonyl (C=O) groups excluding carboxylic acids is 1. The molecular weight excluding hydrogens is 190 g/mol. The summed E-state index contributed by atoms with van der Waals surface area (Å²) < 4.78 is 0. The summed E-state index contributed by atoms with van der Waals surface area (Å²) in [6.07, 6.45) is 1.29. The van der Waals surface area contributed by atoms with Gasteiger partial charge in [0.15, 0.2) is 5.78 Å². The number of aromatic nitrogens is 1. The molecule has 0 spiro atoms. The van der Waals surface area contributed by atoms with Crippen LogP contribution in [-0.4, -0.2) is 10.8 Å². The highest BCUT2D eigenvalue weighted by Gasteiger charge is 2.24. The fourth-order valence-corrected chi connectivity index (χ4v) is 1.88. The zero-order chi connectivity index (χ0) is 11.0. The molecule has 1 unspecified atom stereocenters. The number of Topliss-reactive ketones (excluding diaryl/α,β-unsaturated/α-hetero) is 1. The summed E-state index contributed by atoms with van der Waals surface area (Å²) in [6, 6.07) is 3.50. The molecule has 4 nitrogen and oxygen atoms in total. The third kappa shape index (κ3) is 1.57. The standard InChI is InChI=1S/C11H11N3O/c1-6-2-9-8(10(15)3-6)4-7(5-12)11(13)14-9/h4,6H,2-3H2,1H3,(H2,13,14). The Balaban J connectivity index is 2.58. The average molecular weight is 201 g/mol. The highest BCUT2D eigenvalue weighted by molar-refractivity contribution is 5.98. The normalized spacial score (nSPS) is 19.5. The van der Waals surface area contributed by atoms with Crippen molar-refractivity contribution in [3.05, 3.63) is 22.9 Å². The van der Waals surface area contributed by atoms with Crippen LogP contribution >= 0.6 is 0 Å². The van der Waals surface area contributed by atoms with Crippen LogP contribution in [-0.2, 0) is 6.42 Å². The Morgan fingerprint density at radius 3 is 3.00 bits per heavy atom. The van der Waals surface area contributed by atoms with E-state index < -0.39 is 0 Å². The second-order valence-electron chi connectivity index (χ2n) is 3.96. The number of nitrogens with zero attached hydrogens (tertiary/aromatic N) is 2. The molecule has 1 atom stereocenters. The smallest absolute Gasteiger partial charge is 0.165 e. The quantitative estimate of drug-likeness (QED) is 0.686. The zero-order valence-electron chi connectivity index (χ0n) is 8.45. The second kappa shape index (κ2) is 3.35. The van der Waals surface area contributed by atoms with Gasteiger partial charge in [-0.05, 0) is 18.4 Å². The summed E-state index contributed by atoms with van der Waals surface area (Å²) in [5, 5.41) is 8.78. The molecule has 0 aromatic carbocycles. The van der Waals surface area contributed by atoms with Crippen molar-refractivity contribution in [1.29, 1.82) is 5.26 Å². The van der Waals surface area contributed by atoms with Crippen LogP contribution in [0.4, 0.5) is 5.82 Å². The minimum Gasteiger partial charge on any atom is -0.383 e. The van der Waals surface area contributed by atoms with Crippen molar-refractivity contribution in [2.45, 2.75) is 19.8 Å². The summed E-state index contributed by atoms with van der Waals surface area (Å²) in [6.45, 7) is 2.01. The first-order valence-electron chi connectivity index (χ1n) is 4.84. The third-order valence-electron chi connectivity index (χ3n) is 2.63. The fourth-order valence-electron chi connectivity index (χ4n) is 1.88. The Labute approximate surface area is 87.7 Å². The molecule has 1 aliphatic carbocycles. The van der Waals surface area contributed by atoms with Crippen LogP contribution in [0.3, 0.4) is 0 Å². The second-order valence-corrected chi connectivity index (χ2v) is 3.96. The van der Waals surface area contributed by atoms with E-state index in [1.807, 2.05) is 13.0 Å². The predicted molar refractivity (Wildman–Crippen MR) is 55.2 cm³/mol. The summed E-state index contributed by atoms with van der Waals surface area (Å²) in [5.41, 5.74) is 7.19. The van der Waals surface area contributed by atoms with Gasteiger partial charge in [0.2, 0.25) is 0 Å². The summed E-state index contributed by atoms with van der Waals surface area (Å²) in [5.74, 6) is 0.593. The van der Waals surface area contributed by atoms with Crippen molar-refractivity contribution in [1.82, 2.24) is 4.98 Å². The molecule has 0 saturated carbocycles. The van der Waals surface area contributed by atoms with Crippen molar-refractivity contribution >= 4 is 11.6 Å². The van der Waals surface area contributed by atoms with Gasteiger partial charge in [-0.1, -0.05) is 6.92 Å². The van der Waals surface area contributed by atoms with Crippen LogP contribution in [0, 0.1) is 17.2 Å². The first-order chi connectivity index (χ1) is 7.11. The molecule has 0 radical (unpaired) electrons. The summed E-state index contributed by atoms with van der Waals surface area (Å²) >= 11 is 0. The molecule has 1 aromatic rings. The molecule has 0 saturated heterocycles. The number of ketones is 1. The molecule has 0 aliphatic heterocycles. The number of carbonyl (C=O) groups is 1.